The molecule has 4 nitrogen and oxygen atoms in total. The van der Waals surface area contributed by atoms with E-state index in [1.54, 1.807) is 0 Å². The molecular formula is C16H20BNO3S. The summed E-state index contributed by atoms with van der Waals surface area (Å²) in [5.41, 5.74) is 1.28. The molecule has 1 N–H and O–H groups in total. The molecule has 0 unspecified atom stereocenters. The van der Waals surface area contributed by atoms with Crippen LogP contribution in [0.1, 0.15) is 33.3 Å². The lowest BCUT2D eigenvalue weighted by molar-refractivity contribution is 0.00578. The van der Waals surface area contributed by atoms with Gasteiger partial charge in [-0.3, -0.25) is 0 Å². The maximum atomic E-state index is 9.71. The number of para-hydroxylation sites is 1. The van der Waals surface area contributed by atoms with Gasteiger partial charge in [0.1, 0.15) is 0 Å². The molecule has 6 heteroatoms. The Balaban J connectivity index is 2.36. The van der Waals surface area contributed by atoms with Crippen molar-refractivity contribution in [2.45, 2.75) is 38.9 Å². The van der Waals surface area contributed by atoms with Crippen molar-refractivity contribution in [2.75, 3.05) is 6.61 Å². The van der Waals surface area contributed by atoms with Crippen LogP contribution in [0.3, 0.4) is 0 Å². The van der Waals surface area contributed by atoms with Crippen molar-refractivity contribution in [1.29, 1.82) is 0 Å². The zero-order valence-corrected chi connectivity index (χ0v) is 14.1. The van der Waals surface area contributed by atoms with E-state index in [1.165, 1.54) is 0 Å². The topological polar surface area (TPSA) is 51.0 Å². The number of hydrogen-bond acceptors (Lipinski definition) is 5. The number of rotatable bonds is 4. The average Bonchev–Trinajstić information content (AvgIpc) is 2.66. The molecule has 1 saturated heterocycles. The fourth-order valence-electron chi connectivity index (χ4n) is 2.14. The molecule has 2 rings (SSSR count). The summed E-state index contributed by atoms with van der Waals surface area (Å²) >= 11 is 4.67. The SMILES string of the molecule is CC1(C)OB(C(=Cc2ccccc2N=C=S)CO)OC1(C)C. The van der Waals surface area contributed by atoms with E-state index in [4.69, 9.17) is 9.31 Å². The second kappa shape index (κ2) is 6.45. The van der Waals surface area contributed by atoms with Crippen LogP contribution >= 0.6 is 12.2 Å². The summed E-state index contributed by atoms with van der Waals surface area (Å²) in [5, 5.41) is 12.1. The van der Waals surface area contributed by atoms with E-state index in [2.05, 4.69) is 22.4 Å². The van der Waals surface area contributed by atoms with Gasteiger partial charge in [-0.2, -0.15) is 4.99 Å². The molecule has 0 aliphatic carbocycles. The molecule has 1 heterocycles. The highest BCUT2D eigenvalue weighted by atomic mass is 32.1. The Morgan fingerprint density at radius 1 is 1.27 bits per heavy atom. The first-order valence-corrected chi connectivity index (χ1v) is 7.55. The second-order valence-electron chi connectivity index (χ2n) is 6.23. The van der Waals surface area contributed by atoms with Crippen LogP contribution in [-0.2, 0) is 9.31 Å². The van der Waals surface area contributed by atoms with Crippen LogP contribution in [0.25, 0.3) is 6.08 Å². The lowest BCUT2D eigenvalue weighted by atomic mass is 9.77. The van der Waals surface area contributed by atoms with Crippen molar-refractivity contribution in [3.05, 3.63) is 35.3 Å². The van der Waals surface area contributed by atoms with Crippen molar-refractivity contribution in [1.82, 2.24) is 0 Å². The molecule has 1 aliphatic heterocycles. The van der Waals surface area contributed by atoms with Crippen LogP contribution < -0.4 is 0 Å². The number of aliphatic hydroxyl groups is 1. The van der Waals surface area contributed by atoms with Gasteiger partial charge in [-0.1, -0.05) is 24.3 Å². The third kappa shape index (κ3) is 3.37. The number of aliphatic hydroxyl groups excluding tert-OH is 1. The van der Waals surface area contributed by atoms with Gasteiger partial charge in [0.2, 0.25) is 0 Å². The summed E-state index contributed by atoms with van der Waals surface area (Å²) in [6.45, 7) is 7.75. The molecule has 116 valence electrons. The van der Waals surface area contributed by atoms with Gasteiger partial charge in [-0.05, 0) is 51.5 Å². The minimum Gasteiger partial charge on any atom is -0.400 e. The number of hydrogen-bond donors (Lipinski definition) is 1. The quantitative estimate of drug-likeness (QED) is 0.525. The van der Waals surface area contributed by atoms with Crippen LogP contribution in [0.4, 0.5) is 5.69 Å². The molecule has 22 heavy (non-hydrogen) atoms. The number of benzene rings is 1. The average molecular weight is 317 g/mol. The summed E-state index contributed by atoms with van der Waals surface area (Å²) in [6.07, 6.45) is 1.83. The Hall–Kier alpha value is -1.30. The molecule has 0 aromatic heterocycles. The van der Waals surface area contributed by atoms with Crippen LogP contribution in [0.2, 0.25) is 0 Å². The van der Waals surface area contributed by atoms with Gasteiger partial charge in [0, 0.05) is 5.56 Å². The number of nitrogens with zero attached hydrogens (tertiary/aromatic N) is 1. The Morgan fingerprint density at radius 2 is 1.86 bits per heavy atom. The van der Waals surface area contributed by atoms with Gasteiger partial charge in [0.15, 0.2) is 0 Å². The predicted octanol–water partition coefficient (Wildman–Crippen LogP) is 3.43. The monoisotopic (exact) mass is 317 g/mol. The standard InChI is InChI=1S/C16H20BNO3S/c1-15(2)16(3,4)21-17(20-15)13(10-19)9-12-7-5-6-8-14(12)18-11-22/h5-9,19H,10H2,1-4H3. The van der Waals surface area contributed by atoms with Crippen molar-refractivity contribution < 1.29 is 14.4 Å². The van der Waals surface area contributed by atoms with Crippen molar-refractivity contribution >= 4 is 36.3 Å². The highest BCUT2D eigenvalue weighted by Gasteiger charge is 2.52. The third-order valence-electron chi connectivity index (χ3n) is 4.18. The highest BCUT2D eigenvalue weighted by molar-refractivity contribution is 7.78. The van der Waals surface area contributed by atoms with Crippen LogP contribution in [0, 0.1) is 0 Å². The maximum Gasteiger partial charge on any atom is 0.492 e. The van der Waals surface area contributed by atoms with E-state index in [1.807, 2.05) is 58.0 Å². The molecule has 0 spiro atoms. The number of isothiocyanates is 1. The molecule has 0 saturated carbocycles. The van der Waals surface area contributed by atoms with E-state index in [-0.39, 0.29) is 6.61 Å². The normalized spacial score (nSPS) is 19.9. The summed E-state index contributed by atoms with van der Waals surface area (Å²) < 4.78 is 11.9. The smallest absolute Gasteiger partial charge is 0.400 e. The van der Waals surface area contributed by atoms with E-state index >= 15 is 0 Å². The Labute approximate surface area is 137 Å². The Morgan fingerprint density at radius 3 is 2.41 bits per heavy atom. The predicted molar refractivity (Wildman–Crippen MR) is 92.3 cm³/mol. The largest absolute Gasteiger partial charge is 0.492 e. The van der Waals surface area contributed by atoms with E-state index in [0.717, 1.165) is 5.56 Å². The van der Waals surface area contributed by atoms with E-state index < -0.39 is 18.3 Å². The molecular weight excluding hydrogens is 297 g/mol. The maximum absolute atomic E-state index is 9.71. The van der Waals surface area contributed by atoms with E-state index in [9.17, 15) is 5.11 Å². The Kier molecular flexibility index (Phi) is 5.00. The molecule has 0 bridgehead atoms. The molecule has 0 radical (unpaired) electrons. The number of aliphatic imine (C=N–C) groups is 1. The lowest BCUT2D eigenvalue weighted by Crippen LogP contribution is -2.41. The van der Waals surface area contributed by atoms with Gasteiger partial charge < -0.3 is 14.4 Å². The Bertz CT molecular complexity index is 620. The zero-order valence-electron chi connectivity index (χ0n) is 13.3. The minimum atomic E-state index is -0.584. The molecule has 1 aromatic rings. The summed E-state index contributed by atoms with van der Waals surface area (Å²) in [4.78, 5) is 4.03. The first-order valence-electron chi connectivity index (χ1n) is 7.14. The lowest BCUT2D eigenvalue weighted by Gasteiger charge is -2.32. The molecule has 0 amide bonds. The van der Waals surface area contributed by atoms with Crippen LogP contribution in [0.5, 0.6) is 0 Å². The summed E-state index contributed by atoms with van der Waals surface area (Å²) in [5.74, 6) is 0. The molecule has 1 aromatic carbocycles. The van der Waals surface area contributed by atoms with Gasteiger partial charge in [0.25, 0.3) is 0 Å². The first-order chi connectivity index (χ1) is 10.3. The molecule has 1 fully saturated rings. The van der Waals surface area contributed by atoms with Crippen molar-refractivity contribution in [2.24, 2.45) is 4.99 Å². The van der Waals surface area contributed by atoms with Gasteiger partial charge in [0.05, 0.1) is 28.7 Å². The van der Waals surface area contributed by atoms with Gasteiger partial charge in [-0.15, -0.1) is 0 Å². The first kappa shape index (κ1) is 17.1. The van der Waals surface area contributed by atoms with Crippen molar-refractivity contribution in [3.8, 4) is 0 Å². The zero-order chi connectivity index (χ0) is 16.4. The van der Waals surface area contributed by atoms with Crippen molar-refractivity contribution in [3.63, 3.8) is 0 Å². The summed E-state index contributed by atoms with van der Waals surface area (Å²) in [6, 6.07) is 7.50. The second-order valence-corrected chi connectivity index (χ2v) is 6.41. The van der Waals surface area contributed by atoms with Gasteiger partial charge >= 0.3 is 7.12 Å². The van der Waals surface area contributed by atoms with Crippen LogP contribution in [0.15, 0.2) is 34.7 Å². The summed E-state index contributed by atoms with van der Waals surface area (Å²) in [7, 11) is -0.584. The van der Waals surface area contributed by atoms with Crippen LogP contribution in [-0.4, -0.2) is 35.2 Å². The minimum absolute atomic E-state index is 0.160. The highest BCUT2D eigenvalue weighted by Crippen LogP contribution is 2.39. The van der Waals surface area contributed by atoms with Gasteiger partial charge in [-0.25, -0.2) is 0 Å². The third-order valence-corrected chi connectivity index (χ3v) is 4.27. The molecule has 1 aliphatic rings. The number of thiocarbonyl (C=S) groups is 1. The van der Waals surface area contributed by atoms with E-state index in [0.29, 0.717) is 11.2 Å². The molecule has 0 atom stereocenters. The fraction of sp³-hybridized carbons (Fsp3) is 0.438. The fourth-order valence-corrected chi connectivity index (χ4v) is 2.24.